The van der Waals surface area contributed by atoms with Gasteiger partial charge in [-0.15, -0.1) is 0 Å². The summed E-state index contributed by atoms with van der Waals surface area (Å²) in [6.45, 7) is 4.47. The first kappa shape index (κ1) is 91.5. The highest BCUT2D eigenvalue weighted by molar-refractivity contribution is 7.47. The van der Waals surface area contributed by atoms with Crippen molar-refractivity contribution in [1.82, 2.24) is 0 Å². The zero-order valence-electron chi connectivity index (χ0n) is 59.8. The van der Waals surface area contributed by atoms with Crippen LogP contribution in [0.3, 0.4) is 0 Å². The Labute approximate surface area is 581 Å². The molecule has 0 saturated heterocycles. The van der Waals surface area contributed by atoms with Gasteiger partial charge in [-0.2, -0.15) is 0 Å². The van der Waals surface area contributed by atoms with Crippen LogP contribution in [0.15, 0.2) is 122 Å². The number of esters is 4. The van der Waals surface area contributed by atoms with E-state index in [1.165, 1.54) is 32.1 Å². The van der Waals surface area contributed by atoms with Crippen molar-refractivity contribution in [3.05, 3.63) is 122 Å². The number of allylic oxidation sites excluding steroid dienone is 20. The van der Waals surface area contributed by atoms with E-state index in [4.69, 9.17) is 37.0 Å². The molecule has 5 unspecified atom stereocenters. The van der Waals surface area contributed by atoms with E-state index in [0.717, 1.165) is 173 Å². The van der Waals surface area contributed by atoms with Crippen molar-refractivity contribution in [2.75, 3.05) is 39.6 Å². The van der Waals surface area contributed by atoms with Gasteiger partial charge < -0.3 is 33.8 Å². The average molecular weight is 1390 g/mol. The van der Waals surface area contributed by atoms with Gasteiger partial charge in [0.2, 0.25) is 0 Å². The normalized spacial score (nSPS) is 14.7. The molecule has 550 valence electrons. The molecule has 0 aromatic rings. The molecule has 0 spiro atoms. The topological polar surface area (TPSA) is 237 Å². The number of hydrogen-bond acceptors (Lipinski definition) is 15. The van der Waals surface area contributed by atoms with Crippen LogP contribution in [0.5, 0.6) is 0 Å². The van der Waals surface area contributed by atoms with Gasteiger partial charge in [0.15, 0.2) is 12.2 Å². The van der Waals surface area contributed by atoms with E-state index in [1.807, 2.05) is 0 Å². The van der Waals surface area contributed by atoms with Gasteiger partial charge in [-0.05, 0) is 148 Å². The lowest BCUT2D eigenvalue weighted by Gasteiger charge is -2.21. The molecular weight excluding hydrogens is 1260 g/mol. The van der Waals surface area contributed by atoms with Gasteiger partial charge in [-0.3, -0.25) is 37.3 Å². The SMILES string of the molecule is CC/C=C\C/C=C\C/C=C\C/C=C\CCCCC(=O)OCC(COP(=O)(O)OCC(O)COP(=O)(O)OCC(COC(=O)CCCCCCC/C=C\C/C=C\CCCCC)OC(=O)CCCCCCC/C=C\CCCC)OC(=O)CCCCCCC/C=C\C/C=C\C/C=C\CC. The molecule has 0 aliphatic rings. The first-order chi connectivity index (χ1) is 46.7. The second-order valence-electron chi connectivity index (χ2n) is 24.1. The van der Waals surface area contributed by atoms with Gasteiger partial charge in [-0.25, -0.2) is 9.13 Å². The zero-order chi connectivity index (χ0) is 70.4. The van der Waals surface area contributed by atoms with E-state index >= 15 is 0 Å². The lowest BCUT2D eigenvalue weighted by molar-refractivity contribution is -0.161. The van der Waals surface area contributed by atoms with Gasteiger partial charge in [-0.1, -0.05) is 233 Å². The molecule has 0 aromatic heterocycles. The van der Waals surface area contributed by atoms with E-state index in [1.54, 1.807) is 0 Å². The molecule has 0 bridgehead atoms. The van der Waals surface area contributed by atoms with Crippen LogP contribution in [-0.2, 0) is 65.4 Å². The van der Waals surface area contributed by atoms with E-state index in [9.17, 15) is 43.2 Å². The number of rotatable bonds is 68. The number of ether oxygens (including phenoxy) is 4. The van der Waals surface area contributed by atoms with Gasteiger partial charge in [0.1, 0.15) is 19.3 Å². The highest BCUT2D eigenvalue weighted by atomic mass is 31.2. The molecule has 17 nitrogen and oxygen atoms in total. The van der Waals surface area contributed by atoms with Crippen molar-refractivity contribution in [3.63, 3.8) is 0 Å². The number of carbonyl (C=O) groups is 4. The molecule has 19 heteroatoms. The molecule has 0 saturated carbocycles. The summed E-state index contributed by atoms with van der Waals surface area (Å²) in [4.78, 5) is 72.7. The van der Waals surface area contributed by atoms with Crippen molar-refractivity contribution in [3.8, 4) is 0 Å². The van der Waals surface area contributed by atoms with E-state index < -0.39 is 97.5 Å². The van der Waals surface area contributed by atoms with Crippen LogP contribution in [0, 0.1) is 0 Å². The number of aliphatic hydroxyl groups excluding tert-OH is 1. The number of phosphoric ester groups is 2. The summed E-state index contributed by atoms with van der Waals surface area (Å²) in [5.74, 6) is -2.27. The minimum atomic E-state index is -4.99. The Morgan fingerprint density at radius 3 is 0.896 bits per heavy atom. The van der Waals surface area contributed by atoms with Gasteiger partial charge in [0.25, 0.3) is 0 Å². The molecule has 0 heterocycles. The number of aliphatic hydroxyl groups is 1. The summed E-state index contributed by atoms with van der Waals surface area (Å²) in [6.07, 6.45) is 73.5. The Balaban J connectivity index is 5.39. The third-order valence-electron chi connectivity index (χ3n) is 14.9. The molecule has 0 rings (SSSR count). The van der Waals surface area contributed by atoms with Crippen LogP contribution >= 0.6 is 15.6 Å². The zero-order valence-corrected chi connectivity index (χ0v) is 61.5. The van der Waals surface area contributed by atoms with Gasteiger partial charge in [0, 0.05) is 25.7 Å². The maximum Gasteiger partial charge on any atom is 0.472 e. The third kappa shape index (κ3) is 68.0. The highest BCUT2D eigenvalue weighted by Crippen LogP contribution is 2.45. The minimum absolute atomic E-state index is 0.0633. The molecule has 96 heavy (non-hydrogen) atoms. The van der Waals surface area contributed by atoms with Crippen LogP contribution in [0.25, 0.3) is 0 Å². The lowest BCUT2D eigenvalue weighted by atomic mass is 10.1. The Morgan fingerprint density at radius 1 is 0.302 bits per heavy atom. The van der Waals surface area contributed by atoms with E-state index in [-0.39, 0.29) is 25.7 Å². The maximum atomic E-state index is 13.1. The van der Waals surface area contributed by atoms with Crippen molar-refractivity contribution in [1.29, 1.82) is 0 Å². The van der Waals surface area contributed by atoms with Crippen molar-refractivity contribution in [2.45, 2.75) is 303 Å². The molecule has 0 aliphatic carbocycles. The Hall–Kier alpha value is -4.54. The Morgan fingerprint density at radius 2 is 0.552 bits per heavy atom. The van der Waals surface area contributed by atoms with Crippen LogP contribution in [0.1, 0.15) is 285 Å². The van der Waals surface area contributed by atoms with Crippen LogP contribution < -0.4 is 0 Å². The van der Waals surface area contributed by atoms with Gasteiger partial charge in [0.05, 0.1) is 26.4 Å². The predicted octanol–water partition coefficient (Wildman–Crippen LogP) is 20.8. The summed E-state index contributed by atoms with van der Waals surface area (Å²) in [7, 11) is -9.97. The van der Waals surface area contributed by atoms with Crippen LogP contribution in [0.4, 0.5) is 0 Å². The fourth-order valence-corrected chi connectivity index (χ4v) is 10.9. The highest BCUT2D eigenvalue weighted by Gasteiger charge is 2.30. The van der Waals surface area contributed by atoms with Crippen molar-refractivity contribution >= 4 is 39.5 Å². The maximum absolute atomic E-state index is 13.1. The lowest BCUT2D eigenvalue weighted by Crippen LogP contribution is -2.30. The minimum Gasteiger partial charge on any atom is -0.462 e. The molecule has 0 amide bonds. The molecule has 0 aliphatic heterocycles. The first-order valence-corrected chi connectivity index (χ1v) is 39.8. The first-order valence-electron chi connectivity index (χ1n) is 36.8. The third-order valence-corrected chi connectivity index (χ3v) is 16.8. The quantitative estimate of drug-likeness (QED) is 0.0169. The predicted molar refractivity (Wildman–Crippen MR) is 390 cm³/mol. The number of hydrogen-bond donors (Lipinski definition) is 3. The molecular formula is C77H130O17P2. The summed E-state index contributed by atoms with van der Waals surface area (Å²) in [6, 6.07) is 0. The monoisotopic (exact) mass is 1390 g/mol. The molecule has 0 fully saturated rings. The van der Waals surface area contributed by atoms with Gasteiger partial charge >= 0.3 is 39.5 Å². The van der Waals surface area contributed by atoms with Crippen molar-refractivity contribution < 1.29 is 80.2 Å². The smallest absolute Gasteiger partial charge is 0.462 e. The number of phosphoric acid groups is 2. The standard InChI is InChI=1S/C77H130O17P2/c1-5-9-13-17-21-25-29-32-35-38-42-45-49-53-57-61-74(79)87-67-72(93-76(81)63-59-55-51-47-41-28-24-20-16-12-8-4)69-91-95(83,84)89-65-71(78)66-90-96(85,86)92-70-73(94-77(82)64-60-56-52-48-44-40-37-34-31-27-23-19-15-11-7-3)68-88-75(80)62-58-54-50-46-43-39-36-33-30-26-22-18-14-10-6-2/h10-11,14-15,20-27,32-37,43,46,71-73,78H,5-9,12-13,16-19,28-31,38-42,44-45,47-70H2,1-4H3,(H,83,84)(H,85,86)/b14-10-,15-11-,24-20-,25-21-,26-22-,27-23-,35-32-,36-33-,37-34-,46-43-. The fourth-order valence-electron chi connectivity index (χ4n) is 9.29. The van der Waals surface area contributed by atoms with E-state index in [0.29, 0.717) is 25.7 Å². The Bertz CT molecular complexity index is 2300. The summed E-state index contributed by atoms with van der Waals surface area (Å²) in [5, 5.41) is 10.6. The second kappa shape index (κ2) is 69.0. The molecule has 0 radical (unpaired) electrons. The molecule has 0 aromatic carbocycles. The number of carbonyl (C=O) groups excluding carboxylic acids is 4. The Kier molecular flexibility index (Phi) is 65.7. The molecule has 3 N–H and O–H groups in total. The van der Waals surface area contributed by atoms with Crippen LogP contribution in [0.2, 0.25) is 0 Å². The second-order valence-corrected chi connectivity index (χ2v) is 27.0. The summed E-state index contributed by atoms with van der Waals surface area (Å²) in [5.41, 5.74) is 0. The average Bonchev–Trinajstić information content (AvgIpc) is 1.09. The summed E-state index contributed by atoms with van der Waals surface area (Å²) >= 11 is 0. The summed E-state index contributed by atoms with van der Waals surface area (Å²) < 4.78 is 68.3. The number of unbranched alkanes of at least 4 members (excludes halogenated alkanes) is 22. The van der Waals surface area contributed by atoms with E-state index in [2.05, 4.69) is 149 Å². The largest absolute Gasteiger partial charge is 0.472 e. The van der Waals surface area contributed by atoms with Crippen LogP contribution in [-0.4, -0.2) is 96.7 Å². The molecule has 5 atom stereocenters. The van der Waals surface area contributed by atoms with Crippen molar-refractivity contribution in [2.24, 2.45) is 0 Å². The fraction of sp³-hybridized carbons (Fsp3) is 0.688.